The molecule has 1 heterocycles. The number of nitrogens with zero attached hydrogens (tertiary/aromatic N) is 1. The summed E-state index contributed by atoms with van der Waals surface area (Å²) in [5.74, 6) is -1.80. The fraction of sp³-hybridized carbons (Fsp3) is 0.467. The van der Waals surface area contributed by atoms with Gasteiger partial charge in [-0.15, -0.1) is 0 Å². The fourth-order valence-electron chi connectivity index (χ4n) is 2.28. The van der Waals surface area contributed by atoms with Gasteiger partial charge in [-0.3, -0.25) is 9.59 Å². The van der Waals surface area contributed by atoms with Gasteiger partial charge in [0.05, 0.1) is 11.3 Å². The second-order valence-electron chi connectivity index (χ2n) is 6.11. The van der Waals surface area contributed by atoms with E-state index in [-0.39, 0.29) is 23.3 Å². The molecule has 1 N–H and O–H groups in total. The molecule has 1 aromatic rings. The Hall–Kier alpha value is -1.75. The summed E-state index contributed by atoms with van der Waals surface area (Å²) in [6.07, 6.45) is 0. The number of anilines is 1. The summed E-state index contributed by atoms with van der Waals surface area (Å²) in [4.78, 5) is 25.1. The smallest absolute Gasteiger partial charge is 0.299 e. The number of nitrogens with one attached hydrogen (secondary N) is 1. The molecule has 2 rings (SSSR count). The molecule has 0 atom stereocenters. The summed E-state index contributed by atoms with van der Waals surface area (Å²) in [6, 6.07) is 2.91. The number of rotatable bonds is 3. The molecule has 1 aliphatic heterocycles. The highest BCUT2D eigenvalue weighted by Gasteiger charge is 2.38. The van der Waals surface area contributed by atoms with E-state index in [0.717, 1.165) is 0 Å². The van der Waals surface area contributed by atoms with Crippen LogP contribution in [0.3, 0.4) is 0 Å². The fourth-order valence-corrected chi connectivity index (χ4v) is 2.28. The minimum absolute atomic E-state index is 0.0958. The Morgan fingerprint density at radius 2 is 1.90 bits per heavy atom. The van der Waals surface area contributed by atoms with Crippen molar-refractivity contribution in [3.8, 4) is 0 Å². The van der Waals surface area contributed by atoms with E-state index in [1.165, 1.54) is 11.0 Å². The van der Waals surface area contributed by atoms with Crippen molar-refractivity contribution in [2.75, 3.05) is 18.0 Å². The van der Waals surface area contributed by atoms with Gasteiger partial charge < -0.3 is 10.2 Å². The second-order valence-corrected chi connectivity index (χ2v) is 6.11. The predicted octanol–water partition coefficient (Wildman–Crippen LogP) is 2.05. The van der Waals surface area contributed by atoms with Crippen molar-refractivity contribution in [2.45, 2.75) is 33.2 Å². The topological polar surface area (TPSA) is 49.4 Å². The SMILES string of the molecule is Cc1cc(F)c2c(c1)C(=O)C(=O)N2CCNC(C)(C)C. The molecule has 0 radical (unpaired) electrons. The first kappa shape index (κ1) is 14.7. The maximum atomic E-state index is 14.0. The first-order valence-electron chi connectivity index (χ1n) is 6.62. The van der Waals surface area contributed by atoms with Gasteiger partial charge in [0.1, 0.15) is 5.82 Å². The number of aryl methyl sites for hydroxylation is 1. The molecule has 0 saturated heterocycles. The standard InChI is InChI=1S/C15H19FN2O2/c1-9-7-10-12(11(16)8-9)18(14(20)13(10)19)6-5-17-15(2,3)4/h7-8,17H,5-6H2,1-4H3. The van der Waals surface area contributed by atoms with E-state index in [4.69, 9.17) is 0 Å². The Bertz CT molecular complexity index is 576. The van der Waals surface area contributed by atoms with Crippen LogP contribution in [-0.4, -0.2) is 30.3 Å². The number of carbonyl (C=O) groups is 2. The van der Waals surface area contributed by atoms with E-state index in [0.29, 0.717) is 12.1 Å². The minimum Gasteiger partial charge on any atom is -0.310 e. The number of ketones is 1. The molecule has 20 heavy (non-hydrogen) atoms. The number of hydrogen-bond acceptors (Lipinski definition) is 3. The summed E-state index contributed by atoms with van der Waals surface area (Å²) in [5.41, 5.74) is 0.822. The Balaban J connectivity index is 2.25. The molecule has 0 bridgehead atoms. The maximum Gasteiger partial charge on any atom is 0.299 e. The Morgan fingerprint density at radius 1 is 1.25 bits per heavy atom. The number of amides is 1. The molecule has 108 valence electrons. The number of carbonyl (C=O) groups excluding carboxylic acids is 2. The number of halogens is 1. The molecule has 1 aliphatic rings. The zero-order valence-electron chi connectivity index (χ0n) is 12.2. The van der Waals surface area contributed by atoms with Crippen molar-refractivity contribution in [3.05, 3.63) is 29.1 Å². The highest BCUT2D eigenvalue weighted by molar-refractivity contribution is 6.52. The normalized spacial score (nSPS) is 14.9. The highest BCUT2D eigenvalue weighted by atomic mass is 19.1. The van der Waals surface area contributed by atoms with E-state index >= 15 is 0 Å². The van der Waals surface area contributed by atoms with Crippen molar-refractivity contribution in [1.29, 1.82) is 0 Å². The maximum absolute atomic E-state index is 14.0. The van der Waals surface area contributed by atoms with Crippen molar-refractivity contribution in [1.82, 2.24) is 5.32 Å². The molecule has 4 nitrogen and oxygen atoms in total. The van der Waals surface area contributed by atoms with E-state index in [2.05, 4.69) is 5.32 Å². The predicted molar refractivity (Wildman–Crippen MR) is 75.6 cm³/mol. The molecule has 0 fully saturated rings. The summed E-state index contributed by atoms with van der Waals surface area (Å²) < 4.78 is 14.0. The first-order valence-corrected chi connectivity index (χ1v) is 6.62. The highest BCUT2D eigenvalue weighted by Crippen LogP contribution is 2.32. The lowest BCUT2D eigenvalue weighted by Gasteiger charge is -2.23. The van der Waals surface area contributed by atoms with Gasteiger partial charge in [-0.05, 0) is 45.4 Å². The van der Waals surface area contributed by atoms with Crippen LogP contribution in [0, 0.1) is 12.7 Å². The molecule has 0 saturated carbocycles. The average Bonchev–Trinajstić information content (AvgIpc) is 2.53. The summed E-state index contributed by atoms with van der Waals surface area (Å²) >= 11 is 0. The Morgan fingerprint density at radius 3 is 2.50 bits per heavy atom. The van der Waals surface area contributed by atoms with Gasteiger partial charge in [0, 0.05) is 18.6 Å². The van der Waals surface area contributed by atoms with E-state index in [1.807, 2.05) is 20.8 Å². The van der Waals surface area contributed by atoms with Crippen LogP contribution in [0.1, 0.15) is 36.7 Å². The Labute approximate surface area is 118 Å². The number of fused-ring (bicyclic) bond motifs is 1. The third-order valence-electron chi connectivity index (χ3n) is 3.15. The van der Waals surface area contributed by atoms with Gasteiger partial charge in [0.25, 0.3) is 11.7 Å². The largest absolute Gasteiger partial charge is 0.310 e. The lowest BCUT2D eigenvalue weighted by atomic mass is 10.1. The van der Waals surface area contributed by atoms with Crippen molar-refractivity contribution < 1.29 is 14.0 Å². The van der Waals surface area contributed by atoms with Gasteiger partial charge in [-0.2, -0.15) is 0 Å². The van der Waals surface area contributed by atoms with Crippen LogP contribution < -0.4 is 10.2 Å². The third-order valence-corrected chi connectivity index (χ3v) is 3.15. The minimum atomic E-state index is -0.653. The van der Waals surface area contributed by atoms with Crippen LogP contribution in [0.4, 0.5) is 10.1 Å². The monoisotopic (exact) mass is 278 g/mol. The zero-order valence-corrected chi connectivity index (χ0v) is 12.2. The number of Topliss-reactive ketones (excluding diaryl/α,β-unsaturated/α-hetero) is 1. The van der Waals surface area contributed by atoms with Crippen molar-refractivity contribution in [2.24, 2.45) is 0 Å². The number of hydrogen-bond donors (Lipinski definition) is 1. The van der Waals surface area contributed by atoms with Gasteiger partial charge >= 0.3 is 0 Å². The lowest BCUT2D eigenvalue weighted by molar-refractivity contribution is -0.114. The molecule has 0 aliphatic carbocycles. The average molecular weight is 278 g/mol. The van der Waals surface area contributed by atoms with Crippen LogP contribution in [0.5, 0.6) is 0 Å². The van der Waals surface area contributed by atoms with Gasteiger partial charge in [-0.1, -0.05) is 0 Å². The van der Waals surface area contributed by atoms with Crippen LogP contribution in [-0.2, 0) is 4.79 Å². The summed E-state index contributed by atoms with van der Waals surface area (Å²) in [7, 11) is 0. The molecular formula is C15H19FN2O2. The van der Waals surface area contributed by atoms with Gasteiger partial charge in [0.15, 0.2) is 0 Å². The van der Waals surface area contributed by atoms with E-state index in [9.17, 15) is 14.0 Å². The molecule has 0 aromatic heterocycles. The van der Waals surface area contributed by atoms with E-state index < -0.39 is 17.5 Å². The van der Waals surface area contributed by atoms with Crippen molar-refractivity contribution >= 4 is 17.4 Å². The van der Waals surface area contributed by atoms with Crippen LogP contribution in [0.15, 0.2) is 12.1 Å². The second kappa shape index (κ2) is 4.98. The molecule has 0 unspecified atom stereocenters. The third kappa shape index (κ3) is 2.72. The number of benzene rings is 1. The summed E-state index contributed by atoms with van der Waals surface area (Å²) in [5, 5.41) is 3.22. The first-order chi connectivity index (χ1) is 9.20. The summed E-state index contributed by atoms with van der Waals surface area (Å²) in [6.45, 7) is 8.47. The molecule has 1 aromatic carbocycles. The van der Waals surface area contributed by atoms with E-state index in [1.54, 1.807) is 13.0 Å². The molecule has 0 spiro atoms. The Kier molecular flexibility index (Phi) is 3.65. The van der Waals surface area contributed by atoms with Crippen LogP contribution >= 0.6 is 0 Å². The molecular weight excluding hydrogens is 259 g/mol. The van der Waals surface area contributed by atoms with Crippen LogP contribution in [0.25, 0.3) is 0 Å². The molecule has 1 amide bonds. The van der Waals surface area contributed by atoms with Crippen LogP contribution in [0.2, 0.25) is 0 Å². The van der Waals surface area contributed by atoms with Crippen molar-refractivity contribution in [3.63, 3.8) is 0 Å². The zero-order chi connectivity index (χ0) is 15.1. The quantitative estimate of drug-likeness (QED) is 0.861. The van der Waals surface area contributed by atoms with Gasteiger partial charge in [0.2, 0.25) is 0 Å². The molecule has 5 heteroatoms. The lowest BCUT2D eigenvalue weighted by Crippen LogP contribution is -2.43. The van der Waals surface area contributed by atoms with Gasteiger partial charge in [-0.25, -0.2) is 4.39 Å².